The molecule has 0 bridgehead atoms. The molecule has 0 saturated heterocycles. The van der Waals surface area contributed by atoms with Gasteiger partial charge in [-0.1, -0.05) is 32.0 Å². The molecule has 7 nitrogen and oxygen atoms in total. The molecule has 0 aliphatic heterocycles. The topological polar surface area (TPSA) is 92.8 Å². The molecule has 1 amide bonds. The van der Waals surface area contributed by atoms with Crippen molar-refractivity contribution in [2.24, 2.45) is 0 Å². The Hall–Kier alpha value is -2.92. The smallest absolute Gasteiger partial charge is 0.418 e. The molecule has 0 unspecified atom stereocenters. The average molecular weight is 458 g/mol. The summed E-state index contributed by atoms with van der Waals surface area (Å²) in [5.74, 6) is -1.96. The highest BCUT2D eigenvalue weighted by atomic mass is 32.2. The van der Waals surface area contributed by atoms with Crippen molar-refractivity contribution in [2.75, 3.05) is 25.0 Å². The Morgan fingerprint density at radius 2 is 1.68 bits per heavy atom. The number of alkyl halides is 3. The number of hydrogen-bond donors (Lipinski definition) is 1. The zero-order valence-corrected chi connectivity index (χ0v) is 17.6. The molecule has 0 aliphatic carbocycles. The van der Waals surface area contributed by atoms with Crippen molar-refractivity contribution >= 4 is 27.6 Å². The van der Waals surface area contributed by atoms with Gasteiger partial charge in [0.15, 0.2) is 6.61 Å². The molecule has 0 radical (unpaired) electrons. The number of benzene rings is 2. The lowest BCUT2D eigenvalue weighted by Crippen LogP contribution is -2.30. The van der Waals surface area contributed by atoms with Crippen molar-refractivity contribution in [3.63, 3.8) is 0 Å². The first-order valence-corrected chi connectivity index (χ1v) is 10.7. The van der Waals surface area contributed by atoms with E-state index in [0.717, 1.165) is 18.2 Å². The molecule has 0 aromatic heterocycles. The first kappa shape index (κ1) is 24.4. The van der Waals surface area contributed by atoms with Gasteiger partial charge in [-0.15, -0.1) is 0 Å². The predicted octanol–water partition coefficient (Wildman–Crippen LogP) is 3.53. The third-order valence-electron chi connectivity index (χ3n) is 4.25. The molecule has 0 aliphatic rings. The SMILES string of the molecule is CCN(CC)S(=O)(=O)c1cccc(C(=O)OCC(=O)Nc2ccccc2C(F)(F)F)c1. The van der Waals surface area contributed by atoms with Gasteiger partial charge < -0.3 is 10.1 Å². The summed E-state index contributed by atoms with van der Waals surface area (Å²) in [7, 11) is -3.81. The van der Waals surface area contributed by atoms with Gasteiger partial charge in [-0.2, -0.15) is 17.5 Å². The maximum Gasteiger partial charge on any atom is 0.418 e. The van der Waals surface area contributed by atoms with Gasteiger partial charge in [-0.3, -0.25) is 4.79 Å². The van der Waals surface area contributed by atoms with Crippen molar-refractivity contribution in [3.05, 3.63) is 59.7 Å². The maximum absolute atomic E-state index is 13.0. The minimum absolute atomic E-state index is 0.114. The van der Waals surface area contributed by atoms with E-state index < -0.39 is 45.9 Å². The predicted molar refractivity (Wildman–Crippen MR) is 107 cm³/mol. The highest BCUT2D eigenvalue weighted by Crippen LogP contribution is 2.34. The number of nitrogens with zero attached hydrogens (tertiary/aromatic N) is 1. The molecule has 1 N–H and O–H groups in total. The number of hydrogen-bond acceptors (Lipinski definition) is 5. The van der Waals surface area contributed by atoms with Crippen LogP contribution in [0.3, 0.4) is 0 Å². The first-order chi connectivity index (χ1) is 14.5. The van der Waals surface area contributed by atoms with Gasteiger partial charge >= 0.3 is 12.1 Å². The van der Waals surface area contributed by atoms with E-state index in [1.807, 2.05) is 0 Å². The molecular formula is C20H21F3N2O5S. The van der Waals surface area contributed by atoms with Crippen LogP contribution in [0.2, 0.25) is 0 Å². The van der Waals surface area contributed by atoms with Crippen LogP contribution in [-0.2, 0) is 25.7 Å². The number of carbonyl (C=O) groups is 2. The van der Waals surface area contributed by atoms with Crippen LogP contribution >= 0.6 is 0 Å². The minimum Gasteiger partial charge on any atom is -0.452 e. The fourth-order valence-electron chi connectivity index (χ4n) is 2.74. The van der Waals surface area contributed by atoms with Crippen LogP contribution in [0.4, 0.5) is 18.9 Å². The first-order valence-electron chi connectivity index (χ1n) is 9.24. The van der Waals surface area contributed by atoms with Crippen molar-refractivity contribution in [1.29, 1.82) is 0 Å². The largest absolute Gasteiger partial charge is 0.452 e. The van der Waals surface area contributed by atoms with Crippen molar-refractivity contribution < 1.29 is 35.9 Å². The second-order valence-corrected chi connectivity index (χ2v) is 8.22. The summed E-state index contributed by atoms with van der Waals surface area (Å²) >= 11 is 0. The number of halogens is 3. The number of carbonyl (C=O) groups excluding carboxylic acids is 2. The number of nitrogens with one attached hydrogen (secondary N) is 1. The van der Waals surface area contributed by atoms with Gasteiger partial charge in [0.05, 0.1) is 21.7 Å². The molecule has 0 saturated carbocycles. The molecule has 31 heavy (non-hydrogen) atoms. The fourth-order valence-corrected chi connectivity index (χ4v) is 4.24. The maximum atomic E-state index is 13.0. The number of para-hydroxylation sites is 1. The minimum atomic E-state index is -4.67. The Kier molecular flexibility index (Phi) is 7.80. The van der Waals surface area contributed by atoms with Crippen LogP contribution < -0.4 is 5.32 Å². The Balaban J connectivity index is 2.08. The molecule has 168 valence electrons. The highest BCUT2D eigenvalue weighted by molar-refractivity contribution is 7.89. The number of rotatable bonds is 8. The lowest BCUT2D eigenvalue weighted by Gasteiger charge is -2.18. The summed E-state index contributed by atoms with van der Waals surface area (Å²) in [4.78, 5) is 24.1. The quantitative estimate of drug-likeness (QED) is 0.611. The average Bonchev–Trinajstić information content (AvgIpc) is 2.72. The molecule has 0 fully saturated rings. The fraction of sp³-hybridized carbons (Fsp3) is 0.300. The Bertz CT molecular complexity index is 1050. The second-order valence-electron chi connectivity index (χ2n) is 6.28. The van der Waals surface area contributed by atoms with Crippen LogP contribution in [0, 0.1) is 0 Å². The summed E-state index contributed by atoms with van der Waals surface area (Å²) in [6.45, 7) is 2.99. The lowest BCUT2D eigenvalue weighted by atomic mass is 10.1. The van der Waals surface area contributed by atoms with Crippen molar-refractivity contribution in [2.45, 2.75) is 24.9 Å². The Labute approximate surface area is 177 Å². The van der Waals surface area contributed by atoms with E-state index in [4.69, 9.17) is 4.74 Å². The zero-order valence-electron chi connectivity index (χ0n) is 16.8. The van der Waals surface area contributed by atoms with Gasteiger partial charge in [-0.05, 0) is 30.3 Å². The number of esters is 1. The van der Waals surface area contributed by atoms with E-state index in [1.165, 1.54) is 34.6 Å². The molecule has 11 heteroatoms. The van der Waals surface area contributed by atoms with E-state index in [-0.39, 0.29) is 23.5 Å². The number of amides is 1. The Morgan fingerprint density at radius 3 is 2.29 bits per heavy atom. The van der Waals surface area contributed by atoms with E-state index in [9.17, 15) is 31.2 Å². The van der Waals surface area contributed by atoms with Gasteiger partial charge in [-0.25, -0.2) is 13.2 Å². The molecule has 0 spiro atoms. The van der Waals surface area contributed by atoms with Crippen molar-refractivity contribution in [3.8, 4) is 0 Å². The van der Waals surface area contributed by atoms with Crippen LogP contribution in [0.25, 0.3) is 0 Å². The summed E-state index contributed by atoms with van der Waals surface area (Å²) in [5.41, 5.74) is -1.62. The normalized spacial score (nSPS) is 11.9. The monoisotopic (exact) mass is 458 g/mol. The summed E-state index contributed by atoms with van der Waals surface area (Å²) < 4.78 is 70.1. The van der Waals surface area contributed by atoms with Gasteiger partial charge in [0.1, 0.15) is 0 Å². The summed E-state index contributed by atoms with van der Waals surface area (Å²) in [5, 5.41) is 2.05. The highest BCUT2D eigenvalue weighted by Gasteiger charge is 2.33. The zero-order chi connectivity index (χ0) is 23.2. The number of ether oxygens (including phenoxy) is 1. The van der Waals surface area contributed by atoms with Crippen LogP contribution in [-0.4, -0.2) is 44.3 Å². The van der Waals surface area contributed by atoms with Gasteiger partial charge in [0, 0.05) is 13.1 Å². The standard InChI is InChI=1S/C20H21F3N2O5S/c1-3-25(4-2)31(28,29)15-9-7-8-14(12-15)19(27)30-13-18(26)24-17-11-6-5-10-16(17)20(21,22)23/h5-12H,3-4,13H2,1-2H3,(H,24,26). The third-order valence-corrected chi connectivity index (χ3v) is 6.30. The van der Waals surface area contributed by atoms with Crippen LogP contribution in [0.1, 0.15) is 29.8 Å². The van der Waals surface area contributed by atoms with E-state index >= 15 is 0 Å². The van der Waals surface area contributed by atoms with E-state index in [2.05, 4.69) is 5.32 Å². The second kappa shape index (κ2) is 9.92. The third kappa shape index (κ3) is 6.05. The molecule has 2 rings (SSSR count). The van der Waals surface area contributed by atoms with Gasteiger partial charge in [0.2, 0.25) is 10.0 Å². The summed E-state index contributed by atoms with van der Waals surface area (Å²) in [6.07, 6.45) is -4.67. The van der Waals surface area contributed by atoms with Gasteiger partial charge in [0.25, 0.3) is 5.91 Å². The van der Waals surface area contributed by atoms with Crippen molar-refractivity contribution in [1.82, 2.24) is 4.31 Å². The lowest BCUT2D eigenvalue weighted by molar-refractivity contribution is -0.137. The van der Waals surface area contributed by atoms with E-state index in [1.54, 1.807) is 13.8 Å². The number of anilines is 1. The van der Waals surface area contributed by atoms with E-state index in [0.29, 0.717) is 0 Å². The van der Waals surface area contributed by atoms with Crippen LogP contribution in [0.5, 0.6) is 0 Å². The Morgan fingerprint density at radius 1 is 1.03 bits per heavy atom. The van der Waals surface area contributed by atoms with Crippen LogP contribution in [0.15, 0.2) is 53.4 Å². The molecule has 0 heterocycles. The summed E-state index contributed by atoms with van der Waals surface area (Å²) in [6, 6.07) is 9.48. The molecule has 2 aromatic carbocycles. The molecule has 0 atom stereocenters. The molecular weight excluding hydrogens is 437 g/mol. The molecule has 2 aromatic rings. The number of sulfonamides is 1.